The van der Waals surface area contributed by atoms with Crippen molar-refractivity contribution in [3.63, 3.8) is 0 Å². The molecule has 2 unspecified atom stereocenters. The summed E-state index contributed by atoms with van der Waals surface area (Å²) in [5.41, 5.74) is 1.33. The minimum Gasteiger partial charge on any atom is -0.387 e. The van der Waals surface area contributed by atoms with Crippen LogP contribution in [0.3, 0.4) is 0 Å². The van der Waals surface area contributed by atoms with Crippen LogP contribution in [0.2, 0.25) is 0 Å². The van der Waals surface area contributed by atoms with E-state index < -0.39 is 0 Å². The van der Waals surface area contributed by atoms with Crippen molar-refractivity contribution in [2.24, 2.45) is 0 Å². The average Bonchev–Trinajstić information content (AvgIpc) is 3.00. The lowest BCUT2D eigenvalue weighted by Crippen LogP contribution is -2.50. The Labute approximate surface area is 124 Å². The predicted octanol–water partition coefficient (Wildman–Crippen LogP) is 0.716. The topological polar surface area (TPSA) is 66.5 Å². The van der Waals surface area contributed by atoms with Crippen LogP contribution in [0.5, 0.6) is 0 Å². The Morgan fingerprint density at radius 1 is 1.52 bits per heavy atom. The van der Waals surface area contributed by atoms with Crippen molar-refractivity contribution in [1.82, 2.24) is 15.2 Å². The number of hydrogen-bond acceptors (Lipinski definition) is 5. The second-order valence-electron chi connectivity index (χ2n) is 5.64. The van der Waals surface area contributed by atoms with Gasteiger partial charge < -0.3 is 15.4 Å². The molecule has 114 valence electrons. The number of rotatable bonds is 4. The number of aromatic nitrogens is 1. The largest absolute Gasteiger partial charge is 0.387 e. The number of fused-ring (bicyclic) bond motifs is 1. The maximum atomic E-state index is 12.1. The van der Waals surface area contributed by atoms with Crippen LogP contribution in [0.1, 0.15) is 23.3 Å². The third-order valence-corrected chi connectivity index (χ3v) is 4.24. The van der Waals surface area contributed by atoms with Crippen molar-refractivity contribution < 1.29 is 9.53 Å². The summed E-state index contributed by atoms with van der Waals surface area (Å²) in [7, 11) is 1.82. The van der Waals surface area contributed by atoms with Gasteiger partial charge in [-0.3, -0.25) is 9.69 Å². The van der Waals surface area contributed by atoms with Crippen LogP contribution in [0.25, 0.3) is 0 Å². The molecule has 0 aliphatic carbocycles. The predicted molar refractivity (Wildman–Crippen MR) is 80.5 cm³/mol. The number of ether oxygens (including phenoxy) is 1. The second-order valence-corrected chi connectivity index (χ2v) is 5.64. The summed E-state index contributed by atoms with van der Waals surface area (Å²) >= 11 is 0. The highest BCUT2D eigenvalue weighted by atomic mass is 16.5. The molecule has 0 saturated carbocycles. The first kappa shape index (κ1) is 14.3. The Kier molecular flexibility index (Phi) is 4.36. The summed E-state index contributed by atoms with van der Waals surface area (Å²) in [6.45, 7) is 3.40. The number of pyridine rings is 1. The fourth-order valence-corrected chi connectivity index (χ4v) is 2.98. The number of nitrogens with one attached hydrogen (secondary N) is 2. The molecule has 21 heavy (non-hydrogen) atoms. The van der Waals surface area contributed by atoms with Crippen LogP contribution in [0.4, 0.5) is 5.69 Å². The Hall–Kier alpha value is -1.66. The molecule has 3 heterocycles. The summed E-state index contributed by atoms with van der Waals surface area (Å²) in [6, 6.07) is 4.15. The van der Waals surface area contributed by atoms with Gasteiger partial charge in [-0.25, -0.2) is 4.98 Å². The van der Waals surface area contributed by atoms with Crippen LogP contribution in [-0.4, -0.2) is 61.2 Å². The van der Waals surface area contributed by atoms with Crippen LogP contribution in [0.15, 0.2) is 18.3 Å². The first-order chi connectivity index (χ1) is 10.3. The van der Waals surface area contributed by atoms with Crippen molar-refractivity contribution in [3.8, 4) is 0 Å². The lowest BCUT2D eigenvalue weighted by molar-refractivity contribution is -0.0462. The van der Waals surface area contributed by atoms with Gasteiger partial charge in [-0.05, 0) is 31.5 Å². The Balaban J connectivity index is 1.49. The van der Waals surface area contributed by atoms with Gasteiger partial charge in [0, 0.05) is 26.2 Å². The van der Waals surface area contributed by atoms with E-state index in [0.29, 0.717) is 18.3 Å². The van der Waals surface area contributed by atoms with E-state index in [0.717, 1.165) is 25.4 Å². The molecule has 2 N–H and O–H groups in total. The van der Waals surface area contributed by atoms with Crippen LogP contribution < -0.4 is 10.6 Å². The molecule has 6 heteroatoms. The summed E-state index contributed by atoms with van der Waals surface area (Å²) in [4.78, 5) is 18.7. The lowest BCUT2D eigenvalue weighted by atomic mass is 10.2. The Morgan fingerprint density at radius 2 is 2.43 bits per heavy atom. The molecule has 0 radical (unpaired) electrons. The third-order valence-electron chi connectivity index (χ3n) is 4.24. The summed E-state index contributed by atoms with van der Waals surface area (Å²) in [6.07, 6.45) is 4.23. The number of anilines is 1. The fraction of sp³-hybridized carbons (Fsp3) is 0.600. The molecule has 1 aromatic rings. The van der Waals surface area contributed by atoms with Crippen molar-refractivity contribution >= 4 is 11.6 Å². The van der Waals surface area contributed by atoms with Gasteiger partial charge in [-0.1, -0.05) is 0 Å². The zero-order chi connectivity index (χ0) is 14.7. The van der Waals surface area contributed by atoms with E-state index in [4.69, 9.17) is 4.74 Å². The maximum Gasteiger partial charge on any atom is 0.269 e. The molecule has 2 fully saturated rings. The highest BCUT2D eigenvalue weighted by Gasteiger charge is 2.32. The van der Waals surface area contributed by atoms with Gasteiger partial charge in [0.1, 0.15) is 5.69 Å². The number of hydrogen-bond donors (Lipinski definition) is 2. The number of carbonyl (C=O) groups excluding carboxylic acids is 1. The quantitative estimate of drug-likeness (QED) is 0.855. The van der Waals surface area contributed by atoms with Gasteiger partial charge in [-0.2, -0.15) is 0 Å². The van der Waals surface area contributed by atoms with E-state index >= 15 is 0 Å². The van der Waals surface area contributed by atoms with E-state index in [2.05, 4.69) is 20.5 Å². The number of carbonyl (C=O) groups is 1. The Bertz CT molecular complexity index is 491. The molecule has 0 bridgehead atoms. The van der Waals surface area contributed by atoms with Crippen molar-refractivity contribution in [3.05, 3.63) is 24.0 Å². The molecule has 2 aliphatic rings. The molecule has 2 atom stereocenters. The molecule has 6 nitrogen and oxygen atoms in total. The lowest BCUT2D eigenvalue weighted by Gasteiger charge is -2.35. The van der Waals surface area contributed by atoms with E-state index in [9.17, 15) is 4.79 Å². The molecule has 1 aromatic heterocycles. The molecule has 0 aromatic carbocycles. The van der Waals surface area contributed by atoms with Crippen molar-refractivity contribution in [2.75, 3.05) is 38.6 Å². The SMILES string of the molecule is CNc1ccc(C(=O)NCC2CN3CCCC3CO2)nc1. The van der Waals surface area contributed by atoms with Crippen LogP contribution in [-0.2, 0) is 4.74 Å². The standard InChI is InChI=1S/C15H22N4O2/c1-16-11-4-5-14(17-7-11)15(20)18-8-13-9-19-6-2-3-12(19)10-21-13/h4-5,7,12-13,16H,2-3,6,8-10H2,1H3,(H,18,20). The maximum absolute atomic E-state index is 12.1. The van der Waals surface area contributed by atoms with Gasteiger partial charge in [0.05, 0.1) is 24.6 Å². The summed E-state index contributed by atoms with van der Waals surface area (Å²) in [5.74, 6) is -0.148. The zero-order valence-corrected chi connectivity index (χ0v) is 12.3. The molecule has 0 spiro atoms. The highest BCUT2D eigenvalue weighted by Crippen LogP contribution is 2.22. The van der Waals surface area contributed by atoms with E-state index in [1.165, 1.54) is 12.8 Å². The van der Waals surface area contributed by atoms with Crippen LogP contribution >= 0.6 is 0 Å². The van der Waals surface area contributed by atoms with Gasteiger partial charge in [0.15, 0.2) is 0 Å². The van der Waals surface area contributed by atoms with Crippen molar-refractivity contribution in [2.45, 2.75) is 25.0 Å². The first-order valence-corrected chi connectivity index (χ1v) is 7.54. The third kappa shape index (κ3) is 3.33. The number of amides is 1. The molecule has 3 rings (SSSR count). The molecule has 2 aliphatic heterocycles. The van der Waals surface area contributed by atoms with Crippen LogP contribution in [0, 0.1) is 0 Å². The monoisotopic (exact) mass is 290 g/mol. The second kappa shape index (κ2) is 6.41. The molecule has 1 amide bonds. The minimum absolute atomic E-state index is 0.0832. The van der Waals surface area contributed by atoms with Gasteiger partial charge in [0.25, 0.3) is 5.91 Å². The van der Waals surface area contributed by atoms with Crippen molar-refractivity contribution in [1.29, 1.82) is 0 Å². The molecule has 2 saturated heterocycles. The molecular formula is C15H22N4O2. The number of morpholine rings is 1. The average molecular weight is 290 g/mol. The summed E-state index contributed by atoms with van der Waals surface area (Å²) in [5, 5.41) is 5.89. The smallest absolute Gasteiger partial charge is 0.269 e. The fourth-order valence-electron chi connectivity index (χ4n) is 2.98. The minimum atomic E-state index is -0.148. The molecular weight excluding hydrogens is 268 g/mol. The zero-order valence-electron chi connectivity index (χ0n) is 12.3. The Morgan fingerprint density at radius 3 is 3.19 bits per heavy atom. The van der Waals surface area contributed by atoms with Gasteiger partial charge >= 0.3 is 0 Å². The first-order valence-electron chi connectivity index (χ1n) is 7.54. The summed E-state index contributed by atoms with van der Waals surface area (Å²) < 4.78 is 5.83. The normalized spacial score (nSPS) is 25.4. The number of nitrogens with zero attached hydrogens (tertiary/aromatic N) is 2. The van der Waals surface area contributed by atoms with E-state index in [1.807, 2.05) is 13.1 Å². The van der Waals surface area contributed by atoms with E-state index in [1.54, 1.807) is 12.3 Å². The van der Waals surface area contributed by atoms with Gasteiger partial charge in [0.2, 0.25) is 0 Å². The van der Waals surface area contributed by atoms with Gasteiger partial charge in [-0.15, -0.1) is 0 Å². The highest BCUT2D eigenvalue weighted by molar-refractivity contribution is 5.92. The van der Waals surface area contributed by atoms with E-state index in [-0.39, 0.29) is 12.0 Å².